The van der Waals surface area contributed by atoms with Crippen LogP contribution in [0.25, 0.3) is 0 Å². The van der Waals surface area contributed by atoms with Crippen molar-refractivity contribution >= 4 is 0 Å². The lowest BCUT2D eigenvalue weighted by atomic mass is 9.88. The molecular weight excluding hydrogens is 220 g/mol. The summed E-state index contributed by atoms with van der Waals surface area (Å²) in [5.74, 6) is 3.17. The van der Waals surface area contributed by atoms with Crippen LogP contribution in [0, 0.1) is 17.8 Å². The van der Waals surface area contributed by atoms with Crippen molar-refractivity contribution in [2.75, 3.05) is 27.2 Å². The molecule has 2 nitrogen and oxygen atoms in total. The zero-order valence-corrected chi connectivity index (χ0v) is 12.3. The summed E-state index contributed by atoms with van der Waals surface area (Å²) in [6.07, 6.45) is 11.8. The second-order valence-corrected chi connectivity index (χ2v) is 7.39. The second-order valence-electron chi connectivity index (χ2n) is 7.39. The highest BCUT2D eigenvalue weighted by Crippen LogP contribution is 2.48. The predicted molar refractivity (Wildman–Crippen MR) is 76.7 cm³/mol. The Labute approximate surface area is 113 Å². The van der Waals surface area contributed by atoms with Crippen molar-refractivity contribution in [3.05, 3.63) is 0 Å². The minimum Gasteiger partial charge on any atom is -0.315 e. The van der Waals surface area contributed by atoms with E-state index in [4.69, 9.17) is 0 Å². The highest BCUT2D eigenvalue weighted by Gasteiger charge is 2.40. The van der Waals surface area contributed by atoms with Gasteiger partial charge in [0.1, 0.15) is 0 Å². The monoisotopic (exact) mass is 250 g/mol. The summed E-state index contributed by atoms with van der Waals surface area (Å²) in [7, 11) is 4.54. The van der Waals surface area contributed by atoms with Crippen LogP contribution < -0.4 is 5.32 Å². The number of fused-ring (bicyclic) bond motifs is 2. The molecule has 0 aromatic heterocycles. The van der Waals surface area contributed by atoms with Crippen LogP contribution in [0.15, 0.2) is 0 Å². The lowest BCUT2D eigenvalue weighted by molar-refractivity contribution is 0.149. The van der Waals surface area contributed by atoms with Crippen molar-refractivity contribution in [3.8, 4) is 0 Å². The van der Waals surface area contributed by atoms with Crippen LogP contribution in [-0.4, -0.2) is 37.6 Å². The summed E-state index contributed by atoms with van der Waals surface area (Å²) in [6, 6.07) is 0. The first-order chi connectivity index (χ1) is 8.70. The molecule has 3 unspecified atom stereocenters. The molecule has 3 atom stereocenters. The van der Waals surface area contributed by atoms with Crippen molar-refractivity contribution in [1.82, 2.24) is 10.2 Å². The molecule has 104 valence electrons. The first-order valence-corrected chi connectivity index (χ1v) is 8.08. The zero-order valence-electron chi connectivity index (χ0n) is 12.3. The van der Waals surface area contributed by atoms with Crippen molar-refractivity contribution in [3.63, 3.8) is 0 Å². The molecule has 18 heavy (non-hydrogen) atoms. The number of rotatable bonds is 5. The highest BCUT2D eigenvalue weighted by molar-refractivity contribution is 4.96. The number of hydrogen-bond acceptors (Lipinski definition) is 2. The summed E-state index contributed by atoms with van der Waals surface area (Å²) >= 11 is 0. The van der Waals surface area contributed by atoms with Crippen molar-refractivity contribution < 1.29 is 0 Å². The summed E-state index contributed by atoms with van der Waals surface area (Å²) in [5.41, 5.74) is 0.470. The van der Waals surface area contributed by atoms with E-state index in [1.807, 2.05) is 0 Å². The Hall–Kier alpha value is -0.0800. The third-order valence-electron chi connectivity index (χ3n) is 6.23. The Morgan fingerprint density at radius 1 is 1.11 bits per heavy atom. The van der Waals surface area contributed by atoms with Crippen LogP contribution >= 0.6 is 0 Å². The normalized spacial score (nSPS) is 37.8. The Morgan fingerprint density at radius 3 is 2.44 bits per heavy atom. The average Bonchev–Trinajstić information content (AvgIpc) is 3.04. The molecule has 3 saturated carbocycles. The molecule has 0 aromatic carbocycles. The van der Waals surface area contributed by atoms with Gasteiger partial charge in [-0.1, -0.05) is 19.3 Å². The van der Waals surface area contributed by atoms with Gasteiger partial charge < -0.3 is 10.2 Å². The quantitative estimate of drug-likeness (QED) is 0.807. The third-order valence-corrected chi connectivity index (χ3v) is 6.23. The highest BCUT2D eigenvalue weighted by atomic mass is 15.2. The molecule has 3 fully saturated rings. The van der Waals surface area contributed by atoms with Crippen LogP contribution in [0.4, 0.5) is 0 Å². The number of nitrogens with zero attached hydrogens (tertiary/aromatic N) is 1. The summed E-state index contributed by atoms with van der Waals surface area (Å²) in [4.78, 5) is 2.48. The third kappa shape index (κ3) is 2.34. The SMILES string of the molecule is CN(C)C1(CNCC2CC3CCC2C3)CCCC1. The van der Waals surface area contributed by atoms with Crippen LogP contribution in [-0.2, 0) is 0 Å². The molecule has 3 aliphatic carbocycles. The van der Waals surface area contributed by atoms with Gasteiger partial charge in [-0.3, -0.25) is 0 Å². The molecule has 0 aliphatic heterocycles. The number of hydrogen-bond donors (Lipinski definition) is 1. The fourth-order valence-electron chi connectivity index (χ4n) is 4.93. The van der Waals surface area contributed by atoms with Gasteiger partial charge in [0.15, 0.2) is 0 Å². The maximum absolute atomic E-state index is 3.83. The minimum absolute atomic E-state index is 0.470. The van der Waals surface area contributed by atoms with E-state index in [9.17, 15) is 0 Å². The topological polar surface area (TPSA) is 15.3 Å². The lowest BCUT2D eigenvalue weighted by Crippen LogP contribution is -2.50. The van der Waals surface area contributed by atoms with Gasteiger partial charge in [-0.15, -0.1) is 0 Å². The first kappa shape index (κ1) is 12.9. The number of likely N-dealkylation sites (N-methyl/N-ethyl adjacent to an activating group) is 1. The Bertz CT molecular complexity index is 281. The predicted octanol–water partition coefficient (Wildman–Crippen LogP) is 2.89. The van der Waals surface area contributed by atoms with Gasteiger partial charge in [-0.05, 0) is 70.5 Å². The lowest BCUT2D eigenvalue weighted by Gasteiger charge is -2.37. The molecule has 1 N–H and O–H groups in total. The average molecular weight is 250 g/mol. The smallest absolute Gasteiger partial charge is 0.0327 e. The first-order valence-electron chi connectivity index (χ1n) is 8.08. The van der Waals surface area contributed by atoms with Crippen LogP contribution in [0.2, 0.25) is 0 Å². The summed E-state index contributed by atoms with van der Waals surface area (Å²) in [6.45, 7) is 2.50. The molecule has 2 heteroatoms. The summed E-state index contributed by atoms with van der Waals surface area (Å²) in [5, 5.41) is 3.83. The maximum atomic E-state index is 3.83. The van der Waals surface area contributed by atoms with E-state index in [0.29, 0.717) is 5.54 Å². The molecule has 0 radical (unpaired) electrons. The van der Waals surface area contributed by atoms with E-state index in [2.05, 4.69) is 24.3 Å². The van der Waals surface area contributed by atoms with Crippen LogP contribution in [0.3, 0.4) is 0 Å². The van der Waals surface area contributed by atoms with Crippen molar-refractivity contribution in [2.45, 2.75) is 56.9 Å². The van der Waals surface area contributed by atoms with Gasteiger partial charge in [0.05, 0.1) is 0 Å². The van der Waals surface area contributed by atoms with Crippen LogP contribution in [0.5, 0.6) is 0 Å². The van der Waals surface area contributed by atoms with Gasteiger partial charge in [-0.2, -0.15) is 0 Å². The minimum atomic E-state index is 0.470. The van der Waals surface area contributed by atoms with E-state index < -0.39 is 0 Å². The Kier molecular flexibility index (Phi) is 3.68. The summed E-state index contributed by atoms with van der Waals surface area (Å²) < 4.78 is 0. The molecule has 0 saturated heterocycles. The molecule has 0 spiro atoms. The van der Waals surface area contributed by atoms with Gasteiger partial charge in [0, 0.05) is 12.1 Å². The fourth-order valence-corrected chi connectivity index (χ4v) is 4.93. The molecule has 0 amide bonds. The zero-order chi connectivity index (χ0) is 12.6. The maximum Gasteiger partial charge on any atom is 0.0327 e. The Balaban J connectivity index is 1.46. The molecular formula is C16H30N2. The second kappa shape index (κ2) is 5.13. The van der Waals surface area contributed by atoms with Gasteiger partial charge in [0.25, 0.3) is 0 Å². The van der Waals surface area contributed by atoms with Gasteiger partial charge >= 0.3 is 0 Å². The van der Waals surface area contributed by atoms with Crippen LogP contribution in [0.1, 0.15) is 51.4 Å². The molecule has 3 rings (SSSR count). The standard InChI is InChI=1S/C16H30N2/c1-18(2)16(7-3-4-8-16)12-17-11-15-10-13-5-6-14(15)9-13/h13-15,17H,3-12H2,1-2H3. The van der Waals surface area contributed by atoms with E-state index in [1.54, 1.807) is 6.42 Å². The number of nitrogens with one attached hydrogen (secondary N) is 1. The van der Waals surface area contributed by atoms with Gasteiger partial charge in [0.2, 0.25) is 0 Å². The molecule has 3 aliphatic rings. The van der Waals surface area contributed by atoms with E-state index in [0.717, 1.165) is 17.8 Å². The van der Waals surface area contributed by atoms with Crippen molar-refractivity contribution in [2.24, 2.45) is 17.8 Å². The van der Waals surface area contributed by atoms with E-state index in [-0.39, 0.29) is 0 Å². The molecule has 0 heterocycles. The largest absolute Gasteiger partial charge is 0.315 e. The van der Waals surface area contributed by atoms with Gasteiger partial charge in [-0.25, -0.2) is 0 Å². The van der Waals surface area contributed by atoms with E-state index in [1.165, 1.54) is 58.0 Å². The molecule has 0 aromatic rings. The fraction of sp³-hybridized carbons (Fsp3) is 1.00. The van der Waals surface area contributed by atoms with Crippen molar-refractivity contribution in [1.29, 1.82) is 0 Å². The van der Waals surface area contributed by atoms with E-state index >= 15 is 0 Å². The Morgan fingerprint density at radius 2 is 1.89 bits per heavy atom. The molecule has 2 bridgehead atoms.